The van der Waals surface area contributed by atoms with Gasteiger partial charge in [0.05, 0.1) is 0 Å². The Bertz CT molecular complexity index is 68.9. The Balaban J connectivity index is 3.03. The molecule has 0 aromatic heterocycles. The maximum atomic E-state index is 2.37. The smallest absolute Gasteiger partial charge is 0.0344 e. The lowest BCUT2D eigenvalue weighted by Crippen LogP contribution is -1.94. The molecule has 0 aliphatic carbocycles. The molecule has 0 aromatic carbocycles. The lowest BCUT2D eigenvalue weighted by atomic mass is 10.6. The molecule has 0 rings (SSSR count). The van der Waals surface area contributed by atoms with Gasteiger partial charge < -0.3 is 0 Å². The Morgan fingerprint density at radius 3 is 2.38 bits per heavy atom. The van der Waals surface area contributed by atoms with Gasteiger partial charge in [-0.2, -0.15) is 0 Å². The topological polar surface area (TPSA) is 0 Å². The summed E-state index contributed by atoms with van der Waals surface area (Å²) in [5, 5.41) is 0. The zero-order valence-corrected chi connectivity index (χ0v) is 8.84. The highest BCUT2D eigenvalue weighted by Gasteiger charge is 1.87. The van der Waals surface area contributed by atoms with Gasteiger partial charge in [0.15, 0.2) is 0 Å². The lowest BCUT2D eigenvalue weighted by molar-refractivity contribution is 1.58. The minimum Gasteiger partial charge on any atom is -0.0907 e. The van der Waals surface area contributed by atoms with Gasteiger partial charge in [-0.05, 0) is 6.04 Å². The molecule has 0 radical (unpaired) electrons. The van der Waals surface area contributed by atoms with Crippen molar-refractivity contribution in [2.75, 3.05) is 4.43 Å². The molecule has 48 valence electrons. The van der Waals surface area contributed by atoms with Crippen LogP contribution in [0.3, 0.4) is 0 Å². The van der Waals surface area contributed by atoms with Crippen LogP contribution < -0.4 is 0 Å². The van der Waals surface area contributed by atoms with Gasteiger partial charge in [0.25, 0.3) is 0 Å². The summed E-state index contributed by atoms with van der Waals surface area (Å²) in [4.78, 5) is 0. The van der Waals surface area contributed by atoms with Crippen molar-refractivity contribution < 1.29 is 0 Å². The maximum absolute atomic E-state index is 2.37. The SMILES string of the molecule is C[SiH](C)CC=CCI. The normalized spacial score (nSPS) is 11.5. The largest absolute Gasteiger partial charge is 0.0907 e. The second-order valence-corrected chi connectivity index (χ2v) is 6.40. The second kappa shape index (κ2) is 5.82. The van der Waals surface area contributed by atoms with Crippen molar-refractivity contribution in [3.05, 3.63) is 12.2 Å². The van der Waals surface area contributed by atoms with Crippen molar-refractivity contribution in [2.45, 2.75) is 19.1 Å². The molecule has 0 fully saturated rings. The van der Waals surface area contributed by atoms with Gasteiger partial charge in [0.2, 0.25) is 0 Å². The summed E-state index contributed by atoms with van der Waals surface area (Å²) in [7, 11) is -0.292. The van der Waals surface area contributed by atoms with Crippen LogP contribution in [0.5, 0.6) is 0 Å². The van der Waals surface area contributed by atoms with E-state index in [1.165, 1.54) is 10.5 Å². The molecule has 0 aromatic rings. The van der Waals surface area contributed by atoms with Gasteiger partial charge >= 0.3 is 0 Å². The number of allylic oxidation sites excluding steroid dienone is 2. The van der Waals surface area contributed by atoms with Crippen LogP contribution in [0.4, 0.5) is 0 Å². The Kier molecular flexibility index (Phi) is 6.32. The molecule has 8 heavy (non-hydrogen) atoms. The second-order valence-electron chi connectivity index (χ2n) is 2.26. The zero-order chi connectivity index (χ0) is 6.41. The fourth-order valence-electron chi connectivity index (χ4n) is 0.431. The molecule has 0 N–H and O–H groups in total. The van der Waals surface area contributed by atoms with Gasteiger partial charge in [0, 0.05) is 13.2 Å². The molecular formula is C6H13ISi. The fourth-order valence-corrected chi connectivity index (χ4v) is 1.53. The van der Waals surface area contributed by atoms with Gasteiger partial charge in [-0.15, -0.1) is 0 Å². The van der Waals surface area contributed by atoms with E-state index >= 15 is 0 Å². The lowest BCUT2D eigenvalue weighted by Gasteiger charge is -1.92. The predicted molar refractivity (Wildman–Crippen MR) is 51.7 cm³/mol. The first kappa shape index (κ1) is 8.69. The van der Waals surface area contributed by atoms with Crippen LogP contribution in [0.25, 0.3) is 0 Å². The van der Waals surface area contributed by atoms with Crippen molar-refractivity contribution >= 4 is 31.4 Å². The summed E-state index contributed by atoms with van der Waals surface area (Å²) in [6.07, 6.45) is 4.55. The zero-order valence-electron chi connectivity index (χ0n) is 5.52. The molecule has 0 amide bonds. The molecule has 0 saturated carbocycles. The summed E-state index contributed by atoms with van der Waals surface area (Å²) in [5.74, 6) is 0. The molecule has 2 heteroatoms. The first-order valence-corrected chi connectivity index (χ1v) is 7.63. The highest BCUT2D eigenvalue weighted by Crippen LogP contribution is 1.93. The number of hydrogen-bond donors (Lipinski definition) is 0. The number of rotatable bonds is 3. The third kappa shape index (κ3) is 6.69. The Morgan fingerprint density at radius 2 is 2.00 bits per heavy atom. The van der Waals surface area contributed by atoms with Gasteiger partial charge in [0.1, 0.15) is 0 Å². The highest BCUT2D eigenvalue weighted by atomic mass is 127. The summed E-state index contributed by atoms with van der Waals surface area (Å²) >= 11 is 2.36. The van der Waals surface area contributed by atoms with Crippen molar-refractivity contribution in [3.8, 4) is 0 Å². The summed E-state index contributed by atoms with van der Waals surface area (Å²) in [6, 6.07) is 1.36. The minimum absolute atomic E-state index is 0.292. The third-order valence-corrected chi connectivity index (χ3v) is 2.59. The van der Waals surface area contributed by atoms with Crippen LogP contribution in [0.2, 0.25) is 19.1 Å². The van der Waals surface area contributed by atoms with Crippen molar-refractivity contribution in [3.63, 3.8) is 0 Å². The number of hydrogen-bond acceptors (Lipinski definition) is 0. The Labute approximate surface area is 67.1 Å². The van der Waals surface area contributed by atoms with Gasteiger partial charge in [-0.3, -0.25) is 0 Å². The molecule has 0 unspecified atom stereocenters. The van der Waals surface area contributed by atoms with Gasteiger partial charge in [-0.1, -0.05) is 47.8 Å². The summed E-state index contributed by atoms with van der Waals surface area (Å²) in [5.41, 5.74) is 0. The van der Waals surface area contributed by atoms with E-state index in [1.807, 2.05) is 0 Å². The molecule has 0 aliphatic heterocycles. The minimum atomic E-state index is -0.292. The average Bonchev–Trinajstić information content (AvgIpc) is 1.66. The summed E-state index contributed by atoms with van der Waals surface area (Å²) < 4.78 is 1.17. The summed E-state index contributed by atoms with van der Waals surface area (Å²) in [6.45, 7) is 4.75. The fraction of sp³-hybridized carbons (Fsp3) is 0.667. The van der Waals surface area contributed by atoms with E-state index in [0.29, 0.717) is 0 Å². The van der Waals surface area contributed by atoms with Crippen LogP contribution in [0, 0.1) is 0 Å². The van der Waals surface area contributed by atoms with E-state index in [-0.39, 0.29) is 8.80 Å². The van der Waals surface area contributed by atoms with E-state index in [9.17, 15) is 0 Å². The van der Waals surface area contributed by atoms with Crippen LogP contribution >= 0.6 is 22.6 Å². The molecule has 0 atom stereocenters. The van der Waals surface area contributed by atoms with Crippen molar-refractivity contribution in [2.24, 2.45) is 0 Å². The van der Waals surface area contributed by atoms with Crippen LogP contribution in [0.1, 0.15) is 0 Å². The Hall–Kier alpha value is 0.687. The standard InChI is InChI=1S/C6H13ISi/c1-8(2)6-4-3-5-7/h3-4,8H,5-6H2,1-2H3. The Morgan fingerprint density at radius 1 is 1.38 bits per heavy atom. The third-order valence-electron chi connectivity index (χ3n) is 0.863. The predicted octanol–water partition coefficient (Wildman–Crippen LogP) is 2.46. The van der Waals surface area contributed by atoms with Gasteiger partial charge in [-0.25, -0.2) is 0 Å². The molecule has 0 nitrogen and oxygen atoms in total. The van der Waals surface area contributed by atoms with Crippen LogP contribution in [-0.2, 0) is 0 Å². The van der Waals surface area contributed by atoms with E-state index in [2.05, 4.69) is 47.8 Å². The van der Waals surface area contributed by atoms with E-state index in [0.717, 1.165) is 0 Å². The molecule has 0 saturated heterocycles. The van der Waals surface area contributed by atoms with Crippen molar-refractivity contribution in [1.29, 1.82) is 0 Å². The van der Waals surface area contributed by atoms with Crippen molar-refractivity contribution in [1.82, 2.24) is 0 Å². The highest BCUT2D eigenvalue weighted by molar-refractivity contribution is 14.1. The maximum Gasteiger partial charge on any atom is 0.0344 e. The first-order chi connectivity index (χ1) is 3.77. The number of alkyl halides is 1. The quantitative estimate of drug-likeness (QED) is 0.307. The van der Waals surface area contributed by atoms with Crippen LogP contribution in [-0.4, -0.2) is 13.2 Å². The average molecular weight is 240 g/mol. The number of halogens is 1. The van der Waals surface area contributed by atoms with Crippen LogP contribution in [0.15, 0.2) is 12.2 Å². The molecular weight excluding hydrogens is 227 g/mol. The molecule has 0 bridgehead atoms. The monoisotopic (exact) mass is 240 g/mol. The molecule has 0 heterocycles. The van der Waals surface area contributed by atoms with E-state index in [1.54, 1.807) is 0 Å². The molecule has 0 aliphatic rings. The van der Waals surface area contributed by atoms with E-state index in [4.69, 9.17) is 0 Å². The molecule has 0 spiro atoms. The van der Waals surface area contributed by atoms with E-state index < -0.39 is 0 Å². The first-order valence-electron chi connectivity index (χ1n) is 2.98.